The third kappa shape index (κ3) is 3.69. The molecule has 0 saturated carbocycles. The third-order valence-electron chi connectivity index (χ3n) is 2.69. The van der Waals surface area contributed by atoms with E-state index in [1.807, 2.05) is 43.3 Å². The van der Waals surface area contributed by atoms with Crippen molar-refractivity contribution in [2.75, 3.05) is 13.2 Å². The largest absolute Gasteiger partial charge is 0.494 e. The van der Waals surface area contributed by atoms with Crippen LogP contribution in [-0.4, -0.2) is 18.1 Å². The summed E-state index contributed by atoms with van der Waals surface area (Å²) < 4.78 is 11.4. The van der Waals surface area contributed by atoms with Crippen LogP contribution < -0.4 is 15.2 Å². The maximum absolute atomic E-state index is 5.90. The fraction of sp³-hybridized carbons (Fsp3) is 0.267. The fourth-order valence-electron chi connectivity index (χ4n) is 1.80. The molecule has 2 N–H and O–H groups in total. The van der Waals surface area contributed by atoms with E-state index < -0.39 is 0 Å². The fourth-order valence-corrected chi connectivity index (χ4v) is 1.80. The summed E-state index contributed by atoms with van der Waals surface area (Å²) in [7, 11) is 0. The summed E-state index contributed by atoms with van der Waals surface area (Å²) in [5, 5.41) is 0. The molecule has 2 aromatic rings. The molecule has 2 rings (SSSR count). The lowest BCUT2D eigenvalue weighted by atomic mass is 10.1. The highest BCUT2D eigenvalue weighted by Crippen LogP contribution is 2.24. The van der Waals surface area contributed by atoms with Crippen molar-refractivity contribution in [3.05, 3.63) is 54.4 Å². The second kappa shape index (κ2) is 6.75. The summed E-state index contributed by atoms with van der Waals surface area (Å²) in [6.07, 6.45) is 3.29. The Balaban J connectivity index is 2.12. The van der Waals surface area contributed by atoms with Crippen molar-refractivity contribution in [1.29, 1.82) is 0 Å². The van der Waals surface area contributed by atoms with E-state index in [1.165, 1.54) is 0 Å². The predicted molar refractivity (Wildman–Crippen MR) is 74.3 cm³/mol. The predicted octanol–water partition coefficient (Wildman–Crippen LogP) is 2.56. The van der Waals surface area contributed by atoms with E-state index in [-0.39, 0.29) is 6.10 Å². The minimum Gasteiger partial charge on any atom is -0.494 e. The second-order valence-electron chi connectivity index (χ2n) is 4.03. The van der Waals surface area contributed by atoms with Gasteiger partial charge in [-0.2, -0.15) is 0 Å². The molecular weight excluding hydrogens is 240 g/mol. The van der Waals surface area contributed by atoms with Gasteiger partial charge in [-0.25, -0.2) is 0 Å². The lowest BCUT2D eigenvalue weighted by molar-refractivity contribution is 0.213. The Bertz CT molecular complexity index is 503. The minimum atomic E-state index is -0.181. The van der Waals surface area contributed by atoms with Crippen LogP contribution in [0, 0.1) is 0 Å². The molecule has 0 fully saturated rings. The zero-order valence-corrected chi connectivity index (χ0v) is 11.0. The van der Waals surface area contributed by atoms with Gasteiger partial charge in [-0.05, 0) is 36.8 Å². The standard InChI is InChI=1S/C15H18N2O2/c1-2-18-13-4-3-5-14(10-13)19-15(11-16)12-6-8-17-9-7-12/h3-10,15H,2,11,16H2,1H3. The van der Waals surface area contributed by atoms with Crippen LogP contribution >= 0.6 is 0 Å². The number of aromatic nitrogens is 1. The van der Waals surface area contributed by atoms with E-state index in [2.05, 4.69) is 4.98 Å². The molecule has 0 aliphatic rings. The van der Waals surface area contributed by atoms with Crippen LogP contribution in [0.5, 0.6) is 11.5 Å². The molecule has 0 aliphatic carbocycles. The first-order valence-electron chi connectivity index (χ1n) is 6.33. The van der Waals surface area contributed by atoms with Gasteiger partial charge in [0.05, 0.1) is 6.61 Å². The Hall–Kier alpha value is -2.07. The van der Waals surface area contributed by atoms with Gasteiger partial charge in [0.1, 0.15) is 17.6 Å². The number of hydrogen-bond donors (Lipinski definition) is 1. The summed E-state index contributed by atoms with van der Waals surface area (Å²) in [4.78, 5) is 3.99. The normalized spacial score (nSPS) is 11.9. The van der Waals surface area contributed by atoms with Gasteiger partial charge in [0, 0.05) is 25.0 Å². The third-order valence-corrected chi connectivity index (χ3v) is 2.69. The molecule has 4 heteroatoms. The average molecular weight is 258 g/mol. The first-order valence-corrected chi connectivity index (χ1v) is 6.33. The van der Waals surface area contributed by atoms with E-state index in [0.29, 0.717) is 13.2 Å². The van der Waals surface area contributed by atoms with Crippen molar-refractivity contribution < 1.29 is 9.47 Å². The van der Waals surface area contributed by atoms with E-state index in [0.717, 1.165) is 17.1 Å². The Kier molecular flexibility index (Phi) is 4.75. The molecule has 1 aromatic carbocycles. The van der Waals surface area contributed by atoms with Crippen LogP contribution in [0.2, 0.25) is 0 Å². The first-order chi connectivity index (χ1) is 9.33. The monoisotopic (exact) mass is 258 g/mol. The van der Waals surface area contributed by atoms with Crippen LogP contribution in [0.15, 0.2) is 48.8 Å². The van der Waals surface area contributed by atoms with Gasteiger partial charge in [0.25, 0.3) is 0 Å². The molecule has 1 unspecified atom stereocenters. The van der Waals surface area contributed by atoms with Crippen molar-refractivity contribution in [3.8, 4) is 11.5 Å². The van der Waals surface area contributed by atoms with Crippen molar-refractivity contribution in [3.63, 3.8) is 0 Å². The molecule has 1 aromatic heterocycles. The van der Waals surface area contributed by atoms with E-state index in [1.54, 1.807) is 12.4 Å². The maximum atomic E-state index is 5.90. The SMILES string of the molecule is CCOc1cccc(OC(CN)c2ccncc2)c1. The molecule has 0 aliphatic heterocycles. The van der Waals surface area contributed by atoms with Crippen LogP contribution in [-0.2, 0) is 0 Å². The molecule has 0 radical (unpaired) electrons. The lowest BCUT2D eigenvalue weighted by Gasteiger charge is -2.18. The quantitative estimate of drug-likeness (QED) is 0.865. The summed E-state index contributed by atoms with van der Waals surface area (Å²) in [5.41, 5.74) is 6.79. The van der Waals surface area contributed by atoms with Crippen LogP contribution in [0.1, 0.15) is 18.6 Å². The number of rotatable bonds is 6. The zero-order valence-electron chi connectivity index (χ0n) is 11.0. The van der Waals surface area contributed by atoms with E-state index in [4.69, 9.17) is 15.2 Å². The van der Waals surface area contributed by atoms with Crippen LogP contribution in [0.3, 0.4) is 0 Å². The van der Waals surface area contributed by atoms with Crippen LogP contribution in [0.25, 0.3) is 0 Å². The van der Waals surface area contributed by atoms with E-state index >= 15 is 0 Å². The molecule has 1 atom stereocenters. The molecule has 0 saturated heterocycles. The van der Waals surface area contributed by atoms with E-state index in [9.17, 15) is 0 Å². The Morgan fingerprint density at radius 3 is 2.58 bits per heavy atom. The molecule has 1 heterocycles. The average Bonchev–Trinajstić information content (AvgIpc) is 2.46. The van der Waals surface area contributed by atoms with Gasteiger partial charge >= 0.3 is 0 Å². The molecule has 0 bridgehead atoms. The number of nitrogens with zero attached hydrogens (tertiary/aromatic N) is 1. The lowest BCUT2D eigenvalue weighted by Crippen LogP contribution is -2.18. The number of ether oxygens (including phenoxy) is 2. The molecule has 0 spiro atoms. The summed E-state index contributed by atoms with van der Waals surface area (Å²) in [5.74, 6) is 1.55. The number of hydrogen-bond acceptors (Lipinski definition) is 4. The van der Waals surface area contributed by atoms with Gasteiger partial charge in [0.2, 0.25) is 0 Å². The van der Waals surface area contributed by atoms with Crippen molar-refractivity contribution in [2.24, 2.45) is 5.73 Å². The van der Waals surface area contributed by atoms with Gasteiger partial charge in [-0.3, -0.25) is 4.98 Å². The van der Waals surface area contributed by atoms with Gasteiger partial charge in [-0.15, -0.1) is 0 Å². The Morgan fingerprint density at radius 2 is 1.89 bits per heavy atom. The van der Waals surface area contributed by atoms with Crippen molar-refractivity contribution in [2.45, 2.75) is 13.0 Å². The highest BCUT2D eigenvalue weighted by atomic mass is 16.5. The Morgan fingerprint density at radius 1 is 1.16 bits per heavy atom. The molecule has 0 amide bonds. The molecular formula is C15H18N2O2. The number of benzene rings is 1. The summed E-state index contributed by atoms with van der Waals surface area (Å²) in [6.45, 7) is 2.99. The summed E-state index contributed by atoms with van der Waals surface area (Å²) in [6, 6.07) is 11.4. The Labute approximate surface area is 113 Å². The molecule has 4 nitrogen and oxygen atoms in total. The number of pyridine rings is 1. The maximum Gasteiger partial charge on any atom is 0.136 e. The van der Waals surface area contributed by atoms with Gasteiger partial charge in [0.15, 0.2) is 0 Å². The minimum absolute atomic E-state index is 0.181. The highest BCUT2D eigenvalue weighted by Gasteiger charge is 2.11. The van der Waals surface area contributed by atoms with Crippen LogP contribution in [0.4, 0.5) is 0 Å². The highest BCUT2D eigenvalue weighted by molar-refractivity contribution is 5.33. The number of nitrogens with two attached hydrogens (primary N) is 1. The first kappa shape index (κ1) is 13.4. The molecule has 100 valence electrons. The molecule has 19 heavy (non-hydrogen) atoms. The topological polar surface area (TPSA) is 57.4 Å². The summed E-state index contributed by atoms with van der Waals surface area (Å²) >= 11 is 0. The van der Waals surface area contributed by atoms with Crippen molar-refractivity contribution in [1.82, 2.24) is 4.98 Å². The smallest absolute Gasteiger partial charge is 0.136 e. The second-order valence-corrected chi connectivity index (χ2v) is 4.03. The van der Waals surface area contributed by atoms with Crippen molar-refractivity contribution >= 4 is 0 Å². The van der Waals surface area contributed by atoms with Gasteiger partial charge < -0.3 is 15.2 Å². The zero-order chi connectivity index (χ0) is 13.5. The van der Waals surface area contributed by atoms with Gasteiger partial charge in [-0.1, -0.05) is 6.07 Å².